The summed E-state index contributed by atoms with van der Waals surface area (Å²) in [5.74, 6) is 1.34. The van der Waals surface area contributed by atoms with Gasteiger partial charge in [-0.1, -0.05) is 12.1 Å². The van der Waals surface area contributed by atoms with Crippen molar-refractivity contribution in [3.05, 3.63) is 29.8 Å². The minimum Gasteiger partial charge on any atom is -0.385 e. The maximum absolute atomic E-state index is 12.3. The molecular formula is C14H20N2O2S. The van der Waals surface area contributed by atoms with Gasteiger partial charge >= 0.3 is 0 Å². The first-order chi connectivity index (χ1) is 9.20. The second-order valence-electron chi connectivity index (χ2n) is 4.67. The Labute approximate surface area is 116 Å². The summed E-state index contributed by atoms with van der Waals surface area (Å²) in [6.07, 6.45) is 1.61. The summed E-state index contributed by atoms with van der Waals surface area (Å²) in [5, 5.41) is 6.23. The van der Waals surface area contributed by atoms with Gasteiger partial charge in [-0.3, -0.25) is 9.00 Å². The molecule has 1 heterocycles. The van der Waals surface area contributed by atoms with Crippen molar-refractivity contribution in [2.45, 2.75) is 25.8 Å². The van der Waals surface area contributed by atoms with E-state index < -0.39 is 10.8 Å². The molecule has 0 radical (unpaired) electrons. The molecule has 0 aromatic heterocycles. The molecule has 1 fully saturated rings. The highest BCUT2D eigenvalue weighted by atomic mass is 32.2. The smallest absolute Gasteiger partial charge is 0.253 e. The third kappa shape index (κ3) is 3.80. The van der Waals surface area contributed by atoms with Crippen molar-refractivity contribution in [2.75, 3.05) is 23.4 Å². The van der Waals surface area contributed by atoms with E-state index in [1.165, 1.54) is 0 Å². The average Bonchev–Trinajstić information content (AvgIpc) is 2.42. The average molecular weight is 280 g/mol. The van der Waals surface area contributed by atoms with Crippen LogP contribution in [0, 0.1) is 0 Å². The van der Waals surface area contributed by atoms with Gasteiger partial charge in [0.1, 0.15) is 0 Å². The fraction of sp³-hybridized carbons (Fsp3) is 0.500. The molecule has 0 unspecified atom stereocenters. The summed E-state index contributed by atoms with van der Waals surface area (Å²) >= 11 is 0. The molecule has 2 N–H and O–H groups in total. The minimum atomic E-state index is -0.691. The summed E-state index contributed by atoms with van der Waals surface area (Å²) in [5.41, 5.74) is 1.54. The molecule has 2 rings (SSSR count). The van der Waals surface area contributed by atoms with Crippen LogP contribution in [0.2, 0.25) is 0 Å². The fourth-order valence-electron chi connectivity index (χ4n) is 2.23. The Morgan fingerprint density at radius 1 is 1.32 bits per heavy atom. The largest absolute Gasteiger partial charge is 0.385 e. The number of hydrogen-bond donors (Lipinski definition) is 2. The lowest BCUT2D eigenvalue weighted by atomic mass is 10.1. The molecule has 5 heteroatoms. The van der Waals surface area contributed by atoms with Gasteiger partial charge in [-0.2, -0.15) is 0 Å². The van der Waals surface area contributed by atoms with Crippen LogP contribution in [-0.2, 0) is 10.8 Å². The van der Waals surface area contributed by atoms with Crippen LogP contribution in [0.4, 0.5) is 5.69 Å². The van der Waals surface area contributed by atoms with E-state index in [4.69, 9.17) is 0 Å². The Balaban J connectivity index is 2.01. The van der Waals surface area contributed by atoms with Gasteiger partial charge in [0.05, 0.1) is 5.56 Å². The Hall–Kier alpha value is -1.36. The van der Waals surface area contributed by atoms with E-state index >= 15 is 0 Å². The third-order valence-corrected chi connectivity index (χ3v) is 4.64. The minimum absolute atomic E-state index is 0.0470. The van der Waals surface area contributed by atoms with Crippen molar-refractivity contribution in [2.24, 2.45) is 0 Å². The van der Waals surface area contributed by atoms with Crippen LogP contribution in [-0.4, -0.2) is 34.2 Å². The highest BCUT2D eigenvalue weighted by molar-refractivity contribution is 7.85. The first-order valence-electron chi connectivity index (χ1n) is 6.69. The van der Waals surface area contributed by atoms with Crippen molar-refractivity contribution in [3.63, 3.8) is 0 Å². The van der Waals surface area contributed by atoms with Gasteiger partial charge in [0, 0.05) is 40.6 Å². The van der Waals surface area contributed by atoms with E-state index in [1.54, 1.807) is 0 Å². The molecule has 1 saturated heterocycles. The quantitative estimate of drug-likeness (QED) is 0.883. The number of nitrogens with one attached hydrogen (secondary N) is 2. The predicted octanol–water partition coefficient (Wildman–Crippen LogP) is 1.76. The van der Waals surface area contributed by atoms with Crippen molar-refractivity contribution < 1.29 is 9.00 Å². The standard InChI is InChI=1S/C14H20N2O2S/c1-2-15-13-6-4-3-5-12(13)14(17)16-11-7-9-19(18)10-8-11/h3-6,11,15H,2,7-10H2,1H3,(H,16,17). The monoisotopic (exact) mass is 280 g/mol. The second kappa shape index (κ2) is 6.70. The number of carbonyl (C=O) groups excluding carboxylic acids is 1. The van der Waals surface area contributed by atoms with Crippen LogP contribution in [0.5, 0.6) is 0 Å². The molecule has 0 spiro atoms. The van der Waals surface area contributed by atoms with Crippen LogP contribution in [0.25, 0.3) is 0 Å². The number of rotatable bonds is 4. The Morgan fingerprint density at radius 3 is 2.68 bits per heavy atom. The molecule has 104 valence electrons. The summed E-state index contributed by atoms with van der Waals surface area (Å²) in [6, 6.07) is 7.67. The number of para-hydroxylation sites is 1. The summed E-state index contributed by atoms with van der Waals surface area (Å²) < 4.78 is 11.3. The molecule has 0 aliphatic carbocycles. The number of amides is 1. The molecule has 1 aliphatic heterocycles. The van der Waals surface area contributed by atoms with Gasteiger partial charge in [0.15, 0.2) is 0 Å². The number of carbonyl (C=O) groups is 1. The lowest BCUT2D eigenvalue weighted by Crippen LogP contribution is -2.39. The van der Waals surface area contributed by atoms with Gasteiger partial charge in [-0.05, 0) is 31.9 Å². The highest BCUT2D eigenvalue weighted by Crippen LogP contribution is 2.16. The van der Waals surface area contributed by atoms with E-state index in [0.717, 1.165) is 25.1 Å². The molecule has 0 atom stereocenters. The number of hydrogen-bond acceptors (Lipinski definition) is 3. The first kappa shape index (κ1) is 14.1. The molecule has 1 aromatic rings. The molecule has 1 aromatic carbocycles. The SMILES string of the molecule is CCNc1ccccc1C(=O)NC1CCS(=O)CC1. The lowest BCUT2D eigenvalue weighted by Gasteiger charge is -2.23. The van der Waals surface area contributed by atoms with E-state index in [0.29, 0.717) is 17.1 Å². The van der Waals surface area contributed by atoms with Crippen molar-refractivity contribution in [3.8, 4) is 0 Å². The van der Waals surface area contributed by atoms with Gasteiger partial charge < -0.3 is 10.6 Å². The van der Waals surface area contributed by atoms with E-state index in [-0.39, 0.29) is 11.9 Å². The third-order valence-electron chi connectivity index (χ3n) is 3.26. The summed E-state index contributed by atoms with van der Waals surface area (Å²) in [6.45, 7) is 2.79. The predicted molar refractivity (Wildman–Crippen MR) is 79.0 cm³/mol. The van der Waals surface area contributed by atoms with Crippen LogP contribution in [0.3, 0.4) is 0 Å². The zero-order chi connectivity index (χ0) is 13.7. The van der Waals surface area contributed by atoms with Crippen molar-refractivity contribution >= 4 is 22.4 Å². The first-order valence-corrected chi connectivity index (χ1v) is 8.18. The van der Waals surface area contributed by atoms with Crippen LogP contribution < -0.4 is 10.6 Å². The van der Waals surface area contributed by atoms with Crippen molar-refractivity contribution in [1.29, 1.82) is 0 Å². The molecule has 1 aliphatic rings. The number of anilines is 1. The highest BCUT2D eigenvalue weighted by Gasteiger charge is 2.20. The maximum atomic E-state index is 12.3. The maximum Gasteiger partial charge on any atom is 0.253 e. The zero-order valence-electron chi connectivity index (χ0n) is 11.1. The molecule has 19 heavy (non-hydrogen) atoms. The van der Waals surface area contributed by atoms with Crippen LogP contribution >= 0.6 is 0 Å². The van der Waals surface area contributed by atoms with E-state index in [1.807, 2.05) is 31.2 Å². The van der Waals surface area contributed by atoms with Gasteiger partial charge in [0.25, 0.3) is 5.91 Å². The fourth-order valence-corrected chi connectivity index (χ4v) is 3.53. The van der Waals surface area contributed by atoms with Gasteiger partial charge in [0.2, 0.25) is 0 Å². The molecule has 0 bridgehead atoms. The summed E-state index contributed by atoms with van der Waals surface area (Å²) in [7, 11) is -0.691. The Morgan fingerprint density at radius 2 is 2.00 bits per heavy atom. The van der Waals surface area contributed by atoms with Gasteiger partial charge in [-0.15, -0.1) is 0 Å². The second-order valence-corrected chi connectivity index (χ2v) is 6.37. The number of benzene rings is 1. The van der Waals surface area contributed by atoms with Crippen molar-refractivity contribution in [1.82, 2.24) is 5.32 Å². The molecule has 4 nitrogen and oxygen atoms in total. The van der Waals surface area contributed by atoms with Crippen LogP contribution in [0.1, 0.15) is 30.1 Å². The normalized spacial score (nSPS) is 22.8. The zero-order valence-corrected chi connectivity index (χ0v) is 12.0. The molecule has 1 amide bonds. The Kier molecular flexibility index (Phi) is 4.96. The molecule has 0 saturated carbocycles. The van der Waals surface area contributed by atoms with E-state index in [2.05, 4.69) is 10.6 Å². The molecular weight excluding hydrogens is 260 g/mol. The summed E-state index contributed by atoms with van der Waals surface area (Å²) in [4.78, 5) is 12.3. The lowest BCUT2D eigenvalue weighted by molar-refractivity contribution is 0.0935. The Bertz CT molecular complexity index is 466. The van der Waals surface area contributed by atoms with Gasteiger partial charge in [-0.25, -0.2) is 0 Å². The topological polar surface area (TPSA) is 58.2 Å². The van der Waals surface area contributed by atoms with E-state index in [9.17, 15) is 9.00 Å². The van der Waals surface area contributed by atoms with Crippen LogP contribution in [0.15, 0.2) is 24.3 Å².